The summed E-state index contributed by atoms with van der Waals surface area (Å²) >= 11 is 5.95. The lowest BCUT2D eigenvalue weighted by Crippen LogP contribution is -2.29. The van der Waals surface area contributed by atoms with E-state index in [1.807, 2.05) is 17.0 Å². The minimum absolute atomic E-state index is 0.0221. The van der Waals surface area contributed by atoms with E-state index >= 15 is 0 Å². The topological polar surface area (TPSA) is 64.8 Å². The van der Waals surface area contributed by atoms with Crippen LogP contribution < -0.4 is 15.2 Å². The van der Waals surface area contributed by atoms with Crippen LogP contribution in [0.5, 0.6) is 11.5 Å². The largest absolute Gasteiger partial charge is 0.493 e. The monoisotopic (exact) mass is 388 g/mol. The molecule has 1 unspecified atom stereocenters. The predicted molar refractivity (Wildman–Crippen MR) is 107 cm³/mol. The van der Waals surface area contributed by atoms with E-state index in [9.17, 15) is 4.79 Å². The van der Waals surface area contributed by atoms with Crippen molar-refractivity contribution < 1.29 is 14.3 Å². The summed E-state index contributed by atoms with van der Waals surface area (Å²) in [6, 6.07) is 13.2. The molecule has 3 rings (SSSR count). The lowest BCUT2D eigenvalue weighted by molar-refractivity contribution is 0.0786. The highest BCUT2D eigenvalue weighted by Gasteiger charge is 2.27. The van der Waals surface area contributed by atoms with Gasteiger partial charge in [0.15, 0.2) is 11.5 Å². The van der Waals surface area contributed by atoms with Crippen molar-refractivity contribution in [1.29, 1.82) is 0 Å². The number of nitrogens with two attached hydrogens (primary N) is 1. The molecule has 2 aromatic carbocycles. The van der Waals surface area contributed by atoms with Crippen LogP contribution in [0, 0.1) is 5.92 Å². The van der Waals surface area contributed by atoms with E-state index in [1.165, 1.54) is 5.56 Å². The van der Waals surface area contributed by atoms with Gasteiger partial charge >= 0.3 is 0 Å². The van der Waals surface area contributed by atoms with Crippen LogP contribution in [0.25, 0.3) is 0 Å². The number of hydrogen-bond acceptors (Lipinski definition) is 4. The van der Waals surface area contributed by atoms with E-state index in [0.29, 0.717) is 36.1 Å². The zero-order valence-electron chi connectivity index (χ0n) is 15.5. The highest BCUT2D eigenvalue weighted by Crippen LogP contribution is 2.30. The standard InChI is InChI=1S/C21H25ClN2O3/c1-26-19-7-4-17(13-20(19)27-11-9-23)21(25)24-10-8-16(14-24)12-15-2-5-18(22)6-3-15/h2-7,13,16H,8-12,14,23H2,1H3. The fourth-order valence-electron chi connectivity index (χ4n) is 3.41. The Balaban J connectivity index is 1.65. The maximum Gasteiger partial charge on any atom is 0.254 e. The summed E-state index contributed by atoms with van der Waals surface area (Å²) in [6.07, 6.45) is 1.95. The molecule has 1 aliphatic heterocycles. The quantitative estimate of drug-likeness (QED) is 0.789. The van der Waals surface area contributed by atoms with E-state index in [-0.39, 0.29) is 5.91 Å². The van der Waals surface area contributed by atoms with E-state index in [4.69, 9.17) is 26.8 Å². The second-order valence-corrected chi connectivity index (χ2v) is 7.18. The van der Waals surface area contributed by atoms with Crippen molar-refractivity contribution in [2.45, 2.75) is 12.8 Å². The van der Waals surface area contributed by atoms with Gasteiger partial charge < -0.3 is 20.1 Å². The highest BCUT2D eigenvalue weighted by atomic mass is 35.5. The number of methoxy groups -OCH3 is 1. The van der Waals surface area contributed by atoms with E-state index in [1.54, 1.807) is 25.3 Å². The van der Waals surface area contributed by atoms with Crippen LogP contribution in [0.15, 0.2) is 42.5 Å². The zero-order valence-corrected chi connectivity index (χ0v) is 16.2. The first kappa shape index (κ1) is 19.5. The summed E-state index contributed by atoms with van der Waals surface area (Å²) in [4.78, 5) is 14.8. The first-order chi connectivity index (χ1) is 13.1. The Morgan fingerprint density at radius 1 is 1.22 bits per heavy atom. The molecule has 0 spiro atoms. The minimum atomic E-state index is 0.0221. The molecule has 2 N–H and O–H groups in total. The Morgan fingerprint density at radius 3 is 2.70 bits per heavy atom. The van der Waals surface area contributed by atoms with Gasteiger partial charge in [-0.3, -0.25) is 4.79 Å². The summed E-state index contributed by atoms with van der Waals surface area (Å²) in [5.41, 5.74) is 7.36. The molecule has 2 aromatic rings. The smallest absolute Gasteiger partial charge is 0.254 e. The van der Waals surface area contributed by atoms with Gasteiger partial charge in [0.05, 0.1) is 7.11 Å². The Hall–Kier alpha value is -2.24. The number of ether oxygens (including phenoxy) is 2. The molecule has 0 radical (unpaired) electrons. The average Bonchev–Trinajstić information content (AvgIpc) is 3.15. The molecular formula is C21H25ClN2O3. The van der Waals surface area contributed by atoms with Crippen molar-refractivity contribution in [2.75, 3.05) is 33.4 Å². The maximum absolute atomic E-state index is 12.9. The second kappa shape index (κ2) is 9.11. The van der Waals surface area contributed by atoms with Crippen LogP contribution in [0.2, 0.25) is 5.02 Å². The normalized spacial score (nSPS) is 16.4. The third-order valence-electron chi connectivity index (χ3n) is 4.80. The Labute approximate surface area is 165 Å². The summed E-state index contributed by atoms with van der Waals surface area (Å²) in [5, 5.41) is 0.745. The SMILES string of the molecule is COc1ccc(C(=O)N2CCC(Cc3ccc(Cl)cc3)C2)cc1OCCN. The molecule has 1 fully saturated rings. The number of hydrogen-bond donors (Lipinski definition) is 1. The Morgan fingerprint density at radius 2 is 2.00 bits per heavy atom. The van der Waals surface area contributed by atoms with Gasteiger partial charge in [0.1, 0.15) is 6.61 Å². The molecular weight excluding hydrogens is 364 g/mol. The first-order valence-corrected chi connectivity index (χ1v) is 9.53. The average molecular weight is 389 g/mol. The van der Waals surface area contributed by atoms with Crippen LogP contribution in [0.1, 0.15) is 22.3 Å². The molecule has 1 aliphatic rings. The predicted octanol–water partition coefficient (Wildman–Crippen LogP) is 3.39. The van der Waals surface area contributed by atoms with Gasteiger partial charge in [-0.1, -0.05) is 23.7 Å². The van der Waals surface area contributed by atoms with Gasteiger partial charge in [-0.15, -0.1) is 0 Å². The number of halogens is 1. The summed E-state index contributed by atoms with van der Waals surface area (Å²) in [7, 11) is 1.58. The third-order valence-corrected chi connectivity index (χ3v) is 5.05. The minimum Gasteiger partial charge on any atom is -0.493 e. The molecule has 27 heavy (non-hydrogen) atoms. The highest BCUT2D eigenvalue weighted by molar-refractivity contribution is 6.30. The molecule has 0 bridgehead atoms. The zero-order chi connectivity index (χ0) is 19.2. The Bertz CT molecular complexity index is 779. The van der Waals surface area contributed by atoms with Crippen molar-refractivity contribution in [2.24, 2.45) is 11.7 Å². The molecule has 5 nitrogen and oxygen atoms in total. The van der Waals surface area contributed by atoms with Crippen molar-refractivity contribution in [3.05, 3.63) is 58.6 Å². The van der Waals surface area contributed by atoms with Gasteiger partial charge in [0.25, 0.3) is 5.91 Å². The van der Waals surface area contributed by atoms with Crippen molar-refractivity contribution in [1.82, 2.24) is 4.90 Å². The second-order valence-electron chi connectivity index (χ2n) is 6.74. The van der Waals surface area contributed by atoms with Crippen molar-refractivity contribution in [3.63, 3.8) is 0 Å². The molecule has 1 atom stereocenters. The van der Waals surface area contributed by atoms with E-state index in [0.717, 1.165) is 31.0 Å². The number of amides is 1. The molecule has 1 saturated heterocycles. The summed E-state index contributed by atoms with van der Waals surface area (Å²) in [5.74, 6) is 1.63. The molecule has 1 heterocycles. The lowest BCUT2D eigenvalue weighted by atomic mass is 9.99. The Kier molecular flexibility index (Phi) is 6.58. The number of likely N-dealkylation sites (tertiary alicyclic amines) is 1. The number of carbonyl (C=O) groups excluding carboxylic acids is 1. The first-order valence-electron chi connectivity index (χ1n) is 9.15. The molecule has 144 valence electrons. The van der Waals surface area contributed by atoms with Gasteiger partial charge in [0, 0.05) is 30.2 Å². The maximum atomic E-state index is 12.9. The van der Waals surface area contributed by atoms with E-state index in [2.05, 4.69) is 12.1 Å². The number of rotatable bonds is 7. The van der Waals surface area contributed by atoms with Crippen LogP contribution in [-0.2, 0) is 6.42 Å². The third kappa shape index (κ3) is 4.93. The van der Waals surface area contributed by atoms with Crippen LogP contribution in [0.3, 0.4) is 0 Å². The van der Waals surface area contributed by atoms with Gasteiger partial charge in [-0.2, -0.15) is 0 Å². The van der Waals surface area contributed by atoms with Crippen LogP contribution in [-0.4, -0.2) is 44.2 Å². The molecule has 0 aromatic heterocycles. The number of carbonyl (C=O) groups is 1. The number of benzene rings is 2. The summed E-state index contributed by atoms with van der Waals surface area (Å²) < 4.78 is 10.9. The van der Waals surface area contributed by atoms with Gasteiger partial charge in [-0.25, -0.2) is 0 Å². The van der Waals surface area contributed by atoms with Gasteiger partial charge in [-0.05, 0) is 54.7 Å². The fourth-order valence-corrected chi connectivity index (χ4v) is 3.54. The summed E-state index contributed by atoms with van der Waals surface area (Å²) in [6.45, 7) is 2.30. The molecule has 0 saturated carbocycles. The fraction of sp³-hybridized carbons (Fsp3) is 0.381. The van der Waals surface area contributed by atoms with E-state index < -0.39 is 0 Å². The van der Waals surface area contributed by atoms with Crippen molar-refractivity contribution >= 4 is 17.5 Å². The molecule has 6 heteroatoms. The number of nitrogens with zero attached hydrogens (tertiary/aromatic N) is 1. The molecule has 0 aliphatic carbocycles. The molecule has 1 amide bonds. The van der Waals surface area contributed by atoms with Crippen LogP contribution >= 0.6 is 11.6 Å². The van der Waals surface area contributed by atoms with Crippen LogP contribution in [0.4, 0.5) is 0 Å². The van der Waals surface area contributed by atoms with Crippen molar-refractivity contribution in [3.8, 4) is 11.5 Å². The lowest BCUT2D eigenvalue weighted by Gasteiger charge is -2.18. The van der Waals surface area contributed by atoms with Gasteiger partial charge in [0.2, 0.25) is 0 Å².